The first kappa shape index (κ1) is 28.0. The molecular weight excluding hydrogens is 412 g/mol. The summed E-state index contributed by atoms with van der Waals surface area (Å²) in [6.45, 7) is 7.92. The Labute approximate surface area is 203 Å². The highest BCUT2D eigenvalue weighted by Gasteiger charge is 2.53. The van der Waals surface area contributed by atoms with Crippen LogP contribution in [0.4, 0.5) is 4.79 Å². The molecule has 1 spiro atoms. The number of hydrogen-bond donors (Lipinski definition) is 2. The van der Waals surface area contributed by atoms with Gasteiger partial charge in [-0.1, -0.05) is 84.0 Å². The third-order valence-corrected chi connectivity index (χ3v) is 7.31. The number of ether oxygens (including phenoxy) is 1. The molecule has 0 radical (unpaired) electrons. The number of hydrogen-bond acceptors (Lipinski definition) is 3. The number of rotatable bonds is 16. The maximum atomic E-state index is 12.2. The molecule has 0 atom stereocenters. The molecule has 5 heteroatoms. The third kappa shape index (κ3) is 11.6. The van der Waals surface area contributed by atoms with Crippen LogP contribution in [0.3, 0.4) is 0 Å². The zero-order valence-electron chi connectivity index (χ0n) is 22.1. The molecule has 2 rings (SSSR count). The van der Waals surface area contributed by atoms with Crippen molar-refractivity contribution >= 4 is 12.0 Å². The van der Waals surface area contributed by atoms with E-state index in [0.717, 1.165) is 32.1 Å². The van der Waals surface area contributed by atoms with Crippen LogP contribution in [0, 0.1) is 5.41 Å². The number of nitrogens with one attached hydrogen (secondary N) is 2. The molecule has 2 saturated carbocycles. The summed E-state index contributed by atoms with van der Waals surface area (Å²) >= 11 is 0. The topological polar surface area (TPSA) is 67.4 Å². The Morgan fingerprint density at radius 2 is 1.15 bits per heavy atom. The summed E-state index contributed by atoms with van der Waals surface area (Å²) in [5.41, 5.74) is -0.113. The summed E-state index contributed by atoms with van der Waals surface area (Å²) in [7, 11) is 0. The van der Waals surface area contributed by atoms with Crippen LogP contribution in [-0.4, -0.2) is 29.7 Å². The zero-order chi connectivity index (χ0) is 24.2. The second kappa shape index (κ2) is 14.2. The first-order chi connectivity index (χ1) is 15.7. The summed E-state index contributed by atoms with van der Waals surface area (Å²) in [5, 5.41) is 6.19. The van der Waals surface area contributed by atoms with Crippen LogP contribution in [0.5, 0.6) is 0 Å². The summed E-state index contributed by atoms with van der Waals surface area (Å²) in [4.78, 5) is 24.1. The standard InChI is InChI=1S/C28H52N2O3/c1-5-6-7-8-9-10-11-12-13-14-15-16-17-18-25(31)29-23-19-28(20-23)21-24(22-28)30-26(32)33-27(2,3)4/h23-24H,5-22H2,1-4H3,(H,29,31)(H,30,32). The molecule has 0 aliphatic heterocycles. The van der Waals surface area contributed by atoms with E-state index >= 15 is 0 Å². The van der Waals surface area contributed by atoms with Crippen molar-refractivity contribution in [2.75, 3.05) is 0 Å². The van der Waals surface area contributed by atoms with E-state index in [1.54, 1.807) is 0 Å². The number of carbonyl (C=O) groups is 2. The van der Waals surface area contributed by atoms with Gasteiger partial charge in [0.25, 0.3) is 0 Å². The minimum Gasteiger partial charge on any atom is -0.444 e. The van der Waals surface area contributed by atoms with Crippen LogP contribution < -0.4 is 10.6 Å². The molecule has 2 N–H and O–H groups in total. The normalized spacial score (nSPS) is 24.1. The van der Waals surface area contributed by atoms with E-state index in [9.17, 15) is 9.59 Å². The lowest BCUT2D eigenvalue weighted by Crippen LogP contribution is -2.61. The van der Waals surface area contributed by atoms with Crippen molar-refractivity contribution in [3.8, 4) is 0 Å². The molecule has 2 amide bonds. The average Bonchev–Trinajstić information content (AvgIpc) is 2.66. The molecule has 0 aromatic rings. The Balaban J connectivity index is 1.36. The van der Waals surface area contributed by atoms with E-state index < -0.39 is 5.60 Å². The van der Waals surface area contributed by atoms with Crippen LogP contribution in [0.2, 0.25) is 0 Å². The molecular formula is C28H52N2O3. The van der Waals surface area contributed by atoms with Gasteiger partial charge in [0.1, 0.15) is 5.60 Å². The number of alkyl carbamates (subject to hydrolysis) is 1. The Hall–Kier alpha value is -1.26. The van der Waals surface area contributed by atoms with Gasteiger partial charge in [0.2, 0.25) is 5.91 Å². The van der Waals surface area contributed by atoms with Crippen LogP contribution in [0.25, 0.3) is 0 Å². The Morgan fingerprint density at radius 3 is 1.61 bits per heavy atom. The molecule has 2 aliphatic carbocycles. The highest BCUT2D eigenvalue weighted by Crippen LogP contribution is 2.55. The van der Waals surface area contributed by atoms with E-state index in [1.165, 1.54) is 77.0 Å². The highest BCUT2D eigenvalue weighted by molar-refractivity contribution is 5.76. The largest absolute Gasteiger partial charge is 0.444 e. The lowest BCUT2D eigenvalue weighted by molar-refractivity contribution is -0.125. The molecule has 33 heavy (non-hydrogen) atoms. The maximum Gasteiger partial charge on any atom is 0.407 e. The Morgan fingerprint density at radius 1 is 0.727 bits per heavy atom. The summed E-state index contributed by atoms with van der Waals surface area (Å²) < 4.78 is 5.33. The average molecular weight is 465 g/mol. The fourth-order valence-electron chi connectivity index (χ4n) is 5.59. The van der Waals surface area contributed by atoms with Crippen molar-refractivity contribution < 1.29 is 14.3 Å². The van der Waals surface area contributed by atoms with Gasteiger partial charge in [-0.2, -0.15) is 0 Å². The van der Waals surface area contributed by atoms with Gasteiger partial charge >= 0.3 is 6.09 Å². The van der Waals surface area contributed by atoms with Gasteiger partial charge in [0.05, 0.1) is 0 Å². The molecule has 0 unspecified atom stereocenters. The van der Waals surface area contributed by atoms with E-state index in [4.69, 9.17) is 4.74 Å². The van der Waals surface area contributed by atoms with Crippen LogP contribution in [-0.2, 0) is 9.53 Å². The zero-order valence-corrected chi connectivity index (χ0v) is 22.1. The molecule has 5 nitrogen and oxygen atoms in total. The van der Waals surface area contributed by atoms with E-state index in [-0.39, 0.29) is 18.0 Å². The quantitative estimate of drug-likeness (QED) is 0.234. The SMILES string of the molecule is CCCCCCCCCCCCCCCC(=O)NC1CC2(C1)CC(NC(=O)OC(C)(C)C)C2. The number of unbranched alkanes of at least 4 members (excludes halogenated alkanes) is 12. The fourth-order valence-corrected chi connectivity index (χ4v) is 5.59. The first-order valence-electron chi connectivity index (χ1n) is 14.0. The van der Waals surface area contributed by atoms with Crippen molar-refractivity contribution in [1.29, 1.82) is 0 Å². The Kier molecular flexibility index (Phi) is 12.0. The first-order valence-corrected chi connectivity index (χ1v) is 14.0. The van der Waals surface area contributed by atoms with Gasteiger partial charge in [-0.3, -0.25) is 4.79 Å². The number of carbonyl (C=O) groups excluding carboxylic acids is 2. The van der Waals surface area contributed by atoms with Crippen LogP contribution >= 0.6 is 0 Å². The lowest BCUT2D eigenvalue weighted by Gasteiger charge is -2.57. The van der Waals surface area contributed by atoms with Crippen molar-refractivity contribution in [3.63, 3.8) is 0 Å². The van der Waals surface area contributed by atoms with Gasteiger partial charge in [-0.25, -0.2) is 4.79 Å². The predicted molar refractivity (Wildman–Crippen MR) is 136 cm³/mol. The maximum absolute atomic E-state index is 12.2. The predicted octanol–water partition coefficient (Wildman–Crippen LogP) is 7.42. The second-order valence-corrected chi connectivity index (χ2v) is 11.9. The van der Waals surface area contributed by atoms with E-state index in [2.05, 4.69) is 17.6 Å². The second-order valence-electron chi connectivity index (χ2n) is 11.9. The molecule has 0 bridgehead atoms. The molecule has 192 valence electrons. The van der Waals surface area contributed by atoms with Crippen molar-refractivity contribution in [2.45, 2.75) is 161 Å². The molecule has 0 saturated heterocycles. The molecule has 0 heterocycles. The Bertz CT molecular complexity index is 570. The van der Waals surface area contributed by atoms with Gasteiger partial charge in [0.15, 0.2) is 0 Å². The summed E-state index contributed by atoms with van der Waals surface area (Å²) in [6, 6.07) is 0.559. The molecule has 0 aromatic carbocycles. The third-order valence-electron chi connectivity index (χ3n) is 7.31. The van der Waals surface area contributed by atoms with E-state index in [0.29, 0.717) is 17.9 Å². The van der Waals surface area contributed by atoms with Crippen molar-refractivity contribution in [2.24, 2.45) is 5.41 Å². The fraction of sp³-hybridized carbons (Fsp3) is 0.929. The summed E-state index contributed by atoms with van der Waals surface area (Å²) in [6.07, 6.45) is 21.8. The molecule has 2 aliphatic rings. The van der Waals surface area contributed by atoms with Crippen LogP contribution in [0.15, 0.2) is 0 Å². The summed E-state index contributed by atoms with van der Waals surface area (Å²) in [5.74, 6) is 0.223. The van der Waals surface area contributed by atoms with Gasteiger partial charge in [0, 0.05) is 18.5 Å². The van der Waals surface area contributed by atoms with Gasteiger partial charge in [-0.15, -0.1) is 0 Å². The van der Waals surface area contributed by atoms with Gasteiger partial charge in [-0.05, 0) is 58.3 Å². The lowest BCUT2D eigenvalue weighted by atomic mass is 9.52. The van der Waals surface area contributed by atoms with Crippen molar-refractivity contribution in [3.05, 3.63) is 0 Å². The van der Waals surface area contributed by atoms with Gasteiger partial charge < -0.3 is 15.4 Å². The van der Waals surface area contributed by atoms with Crippen molar-refractivity contribution in [1.82, 2.24) is 10.6 Å². The monoisotopic (exact) mass is 464 g/mol. The minimum absolute atomic E-state index is 0.223. The molecule has 0 aromatic heterocycles. The smallest absolute Gasteiger partial charge is 0.407 e. The molecule has 2 fully saturated rings. The number of amides is 2. The van der Waals surface area contributed by atoms with E-state index in [1.807, 2.05) is 20.8 Å². The van der Waals surface area contributed by atoms with Crippen LogP contribution in [0.1, 0.15) is 143 Å². The highest BCUT2D eigenvalue weighted by atomic mass is 16.6. The minimum atomic E-state index is -0.454.